The van der Waals surface area contributed by atoms with Crippen LogP contribution in [-0.4, -0.2) is 36.0 Å². The third-order valence-corrected chi connectivity index (χ3v) is 3.27. The van der Waals surface area contributed by atoms with Crippen LogP contribution in [0.1, 0.15) is 48.4 Å². The molecule has 3 heterocycles. The molecule has 2 aromatic rings. The molecule has 21 heavy (non-hydrogen) atoms. The van der Waals surface area contributed by atoms with E-state index in [9.17, 15) is 9.59 Å². The molecule has 0 radical (unpaired) electrons. The molecule has 0 atom stereocenters. The molecule has 2 amide bonds. The maximum atomic E-state index is 12.2. The molecular formula is C15H17NO5. The van der Waals surface area contributed by atoms with Gasteiger partial charge in [-0.2, -0.15) is 0 Å². The molecule has 3 rings (SSSR count). The van der Waals surface area contributed by atoms with Crippen LogP contribution in [0.5, 0.6) is 11.5 Å². The highest BCUT2D eigenvalue weighted by atomic mass is 16.5. The topological polar surface area (TPSA) is 69.0 Å². The first-order valence-corrected chi connectivity index (χ1v) is 6.90. The molecule has 1 aliphatic heterocycles. The Hall–Kier alpha value is -2.24. The van der Waals surface area contributed by atoms with Crippen molar-refractivity contribution in [2.75, 3.05) is 7.05 Å². The summed E-state index contributed by atoms with van der Waals surface area (Å²) in [5.74, 6) is 0.0784. The van der Waals surface area contributed by atoms with E-state index < -0.39 is 0 Å². The summed E-state index contributed by atoms with van der Waals surface area (Å²) in [5.41, 5.74) is 1.16. The summed E-state index contributed by atoms with van der Waals surface area (Å²) in [5, 5.41) is 0. The van der Waals surface area contributed by atoms with Crippen LogP contribution in [0.3, 0.4) is 0 Å². The van der Waals surface area contributed by atoms with E-state index in [1.807, 2.05) is 27.7 Å². The third-order valence-electron chi connectivity index (χ3n) is 3.27. The van der Waals surface area contributed by atoms with Crippen LogP contribution >= 0.6 is 0 Å². The minimum atomic E-state index is -0.367. The van der Waals surface area contributed by atoms with Crippen molar-refractivity contribution in [3.8, 4) is 11.5 Å². The maximum Gasteiger partial charge on any atom is 0.265 e. The van der Waals surface area contributed by atoms with Crippen LogP contribution in [0, 0.1) is 0 Å². The van der Waals surface area contributed by atoms with E-state index in [2.05, 4.69) is 0 Å². The number of benzene rings is 1. The van der Waals surface area contributed by atoms with Gasteiger partial charge in [0.2, 0.25) is 11.5 Å². The number of fused-ring (bicyclic) bond motifs is 5. The predicted octanol–water partition coefficient (Wildman–Crippen LogP) is 2.67. The Morgan fingerprint density at radius 3 is 1.57 bits per heavy atom. The molecule has 0 aliphatic carbocycles. The lowest BCUT2D eigenvalue weighted by atomic mass is 10.1. The van der Waals surface area contributed by atoms with Gasteiger partial charge in [0.25, 0.3) is 11.8 Å². The second-order valence-corrected chi connectivity index (χ2v) is 5.67. The Labute approximate surface area is 121 Å². The second kappa shape index (κ2) is 4.38. The van der Waals surface area contributed by atoms with Crippen LogP contribution in [-0.2, 0) is 0 Å². The number of imide groups is 1. The van der Waals surface area contributed by atoms with Crippen LogP contribution in [0.15, 0.2) is 4.42 Å². The first kappa shape index (κ1) is 13.7. The van der Waals surface area contributed by atoms with Crippen molar-refractivity contribution in [2.24, 2.45) is 0 Å². The number of hydrogen-bond acceptors (Lipinski definition) is 5. The fraction of sp³-hybridized carbons (Fsp3) is 0.467. The third kappa shape index (κ3) is 1.78. The van der Waals surface area contributed by atoms with E-state index in [4.69, 9.17) is 13.9 Å². The van der Waals surface area contributed by atoms with Gasteiger partial charge in [-0.1, -0.05) is 0 Å². The number of nitrogens with zero attached hydrogens (tertiary/aromatic N) is 1. The number of hydrogen-bond donors (Lipinski definition) is 0. The molecule has 0 fully saturated rings. The number of ether oxygens (including phenoxy) is 2. The van der Waals surface area contributed by atoms with Gasteiger partial charge in [-0.25, -0.2) is 0 Å². The van der Waals surface area contributed by atoms with Crippen LogP contribution in [0.25, 0.3) is 11.2 Å². The summed E-state index contributed by atoms with van der Waals surface area (Å²) in [6, 6.07) is 0. The Kier molecular flexibility index (Phi) is 2.86. The van der Waals surface area contributed by atoms with Crippen molar-refractivity contribution < 1.29 is 23.5 Å². The Morgan fingerprint density at radius 2 is 1.24 bits per heavy atom. The van der Waals surface area contributed by atoms with Crippen molar-refractivity contribution in [1.82, 2.24) is 4.90 Å². The van der Waals surface area contributed by atoms with Crippen molar-refractivity contribution in [3.63, 3.8) is 0 Å². The largest absolute Gasteiger partial charge is 0.484 e. The molecule has 0 N–H and O–H groups in total. The van der Waals surface area contributed by atoms with Gasteiger partial charge in [-0.3, -0.25) is 14.5 Å². The molecule has 112 valence electrons. The number of amides is 2. The highest BCUT2D eigenvalue weighted by Crippen LogP contribution is 2.50. The van der Waals surface area contributed by atoms with Gasteiger partial charge >= 0.3 is 0 Å². The molecule has 2 bridgehead atoms. The molecule has 0 aromatic carbocycles. The van der Waals surface area contributed by atoms with E-state index in [-0.39, 0.29) is 35.1 Å². The van der Waals surface area contributed by atoms with Gasteiger partial charge in [0.05, 0.1) is 12.2 Å². The van der Waals surface area contributed by atoms with Crippen LogP contribution < -0.4 is 9.47 Å². The molecule has 0 spiro atoms. The SMILES string of the molecule is CC(C)Oc1c(OC(C)C)c2oc1c1c2C(=O)N(C)C1=O. The van der Waals surface area contributed by atoms with Crippen molar-refractivity contribution >= 4 is 23.0 Å². The monoisotopic (exact) mass is 291 g/mol. The fourth-order valence-electron chi connectivity index (χ4n) is 2.48. The van der Waals surface area contributed by atoms with Gasteiger partial charge in [-0.15, -0.1) is 0 Å². The second-order valence-electron chi connectivity index (χ2n) is 5.67. The van der Waals surface area contributed by atoms with E-state index in [1.165, 1.54) is 7.05 Å². The molecule has 0 saturated heterocycles. The summed E-state index contributed by atoms with van der Waals surface area (Å²) >= 11 is 0. The average molecular weight is 291 g/mol. The zero-order chi connectivity index (χ0) is 15.5. The summed E-state index contributed by atoms with van der Waals surface area (Å²) in [7, 11) is 1.45. The van der Waals surface area contributed by atoms with Crippen molar-refractivity contribution in [3.05, 3.63) is 11.1 Å². The first-order valence-electron chi connectivity index (χ1n) is 6.90. The normalized spacial score (nSPS) is 14.9. The van der Waals surface area contributed by atoms with Crippen molar-refractivity contribution in [1.29, 1.82) is 0 Å². The van der Waals surface area contributed by atoms with Gasteiger partial charge in [0, 0.05) is 7.05 Å². The van der Waals surface area contributed by atoms with Gasteiger partial charge < -0.3 is 13.9 Å². The summed E-state index contributed by atoms with van der Waals surface area (Å²) in [6.07, 6.45) is -0.202. The molecular weight excluding hydrogens is 274 g/mol. The molecule has 1 aliphatic rings. The Bertz CT molecular complexity index is 669. The number of carbonyl (C=O) groups excluding carboxylic acids is 2. The van der Waals surface area contributed by atoms with E-state index in [0.717, 1.165) is 4.90 Å². The molecule has 0 unspecified atom stereocenters. The maximum absolute atomic E-state index is 12.2. The minimum absolute atomic E-state index is 0.101. The van der Waals surface area contributed by atoms with Gasteiger partial charge in [0.15, 0.2) is 11.2 Å². The lowest BCUT2D eigenvalue weighted by molar-refractivity contribution is 0.0692. The van der Waals surface area contributed by atoms with Gasteiger partial charge in [-0.05, 0) is 27.7 Å². The number of rotatable bonds is 4. The highest BCUT2D eigenvalue weighted by Gasteiger charge is 2.44. The summed E-state index contributed by atoms with van der Waals surface area (Å²) in [4.78, 5) is 25.4. The predicted molar refractivity (Wildman–Crippen MR) is 75.4 cm³/mol. The highest BCUT2D eigenvalue weighted by molar-refractivity contribution is 6.29. The number of carbonyl (C=O) groups is 2. The smallest absolute Gasteiger partial charge is 0.265 e. The summed E-state index contributed by atoms with van der Waals surface area (Å²) in [6.45, 7) is 7.50. The number of furan rings is 2. The fourth-order valence-corrected chi connectivity index (χ4v) is 2.48. The lowest BCUT2D eigenvalue weighted by Crippen LogP contribution is -2.24. The quantitative estimate of drug-likeness (QED) is 0.810. The zero-order valence-corrected chi connectivity index (χ0v) is 12.6. The van der Waals surface area contributed by atoms with Crippen LogP contribution in [0.4, 0.5) is 0 Å². The van der Waals surface area contributed by atoms with Gasteiger partial charge in [0.1, 0.15) is 11.1 Å². The van der Waals surface area contributed by atoms with Crippen LogP contribution in [0.2, 0.25) is 0 Å². The molecule has 2 aromatic heterocycles. The molecule has 0 saturated carbocycles. The zero-order valence-electron chi connectivity index (χ0n) is 12.6. The first-order chi connectivity index (χ1) is 9.82. The lowest BCUT2D eigenvalue weighted by Gasteiger charge is -2.14. The summed E-state index contributed by atoms with van der Waals surface area (Å²) < 4.78 is 17.1. The van der Waals surface area contributed by atoms with E-state index in [0.29, 0.717) is 22.7 Å². The molecule has 6 heteroatoms. The van der Waals surface area contributed by atoms with Crippen molar-refractivity contribution in [2.45, 2.75) is 39.9 Å². The standard InChI is InChI=1S/C15H17NO5/c1-6(2)19-12-10-8-9(15(18)16(5)14(8)17)11(21-10)13(12)20-7(3)4/h6-7H,1-5H3. The van der Waals surface area contributed by atoms with E-state index >= 15 is 0 Å². The minimum Gasteiger partial charge on any atom is -0.484 e. The Balaban J connectivity index is 2.23. The average Bonchev–Trinajstić information content (AvgIpc) is 2.98. The molecule has 6 nitrogen and oxygen atoms in total. The Morgan fingerprint density at radius 1 is 0.857 bits per heavy atom. The van der Waals surface area contributed by atoms with E-state index in [1.54, 1.807) is 0 Å².